The molecule has 0 heterocycles. The average Bonchev–Trinajstić information content (AvgIpc) is 0. The fourth-order valence-corrected chi connectivity index (χ4v) is 0. The molecule has 0 bridgehead atoms. The maximum absolute atomic E-state index is 0. The first kappa shape index (κ1) is 57.1. The van der Waals surface area contributed by atoms with Crippen molar-refractivity contribution in [1.29, 1.82) is 0 Å². The zero-order valence-electron chi connectivity index (χ0n) is 3.46. The van der Waals surface area contributed by atoms with Crippen LogP contribution < -0.4 is 54.4 Å². The molecule has 0 radical (unpaired) electrons. The third-order valence-electron chi connectivity index (χ3n) is 0. The van der Waals surface area contributed by atoms with Gasteiger partial charge in [-0.2, -0.15) is 0 Å². The Morgan fingerprint density at radius 3 is 0.800 bits per heavy atom. The molecule has 24 valence electrons. The minimum Gasteiger partial charge on any atom is -1.00 e. The van der Waals surface area contributed by atoms with Gasteiger partial charge in [-0.15, -0.1) is 0 Å². The van der Waals surface area contributed by atoms with Crippen molar-refractivity contribution in [2.75, 3.05) is 0 Å². The molecule has 0 aliphatic rings. The van der Waals surface area contributed by atoms with Crippen LogP contribution in [0.25, 0.3) is 0 Å². The molecule has 0 aromatic heterocycles. The first-order valence-electron chi connectivity index (χ1n) is 0. The van der Waals surface area contributed by atoms with E-state index < -0.39 is 0 Å². The van der Waals surface area contributed by atoms with Crippen molar-refractivity contribution in [3.63, 3.8) is 0 Å². The predicted molar refractivity (Wildman–Crippen MR) is 6.41 cm³/mol. The first-order chi connectivity index (χ1) is 0. The van der Waals surface area contributed by atoms with Crippen LogP contribution in [0.1, 0.15) is 0 Å². The van der Waals surface area contributed by atoms with E-state index in [2.05, 4.69) is 0 Å². The summed E-state index contributed by atoms with van der Waals surface area (Å²) in [5, 5.41) is 0. The molecule has 0 spiro atoms. The molecule has 0 saturated heterocycles. The van der Waals surface area contributed by atoms with Crippen LogP contribution in [0.5, 0.6) is 0 Å². The summed E-state index contributed by atoms with van der Waals surface area (Å²) in [4.78, 5) is 0. The van der Waals surface area contributed by atoms with Gasteiger partial charge >= 0.3 is 49.0 Å². The monoisotopic (exact) mass is 172 g/mol. The molecule has 0 amide bonds. The van der Waals surface area contributed by atoms with Crippen molar-refractivity contribution in [2.24, 2.45) is 0 Å². The second kappa shape index (κ2) is 34.6. The number of hydrogen-bond acceptors (Lipinski definition) is 0. The SMILES string of the molecule is [CH3-].[Cl-].[Cl-].[Na+].[Zn+2]. The molecule has 0 aliphatic heterocycles. The second-order valence-corrected chi connectivity index (χ2v) is 0. The van der Waals surface area contributed by atoms with Crippen molar-refractivity contribution in [2.45, 2.75) is 0 Å². The summed E-state index contributed by atoms with van der Waals surface area (Å²) >= 11 is 0. The number of hydrogen-bond donors (Lipinski definition) is 0. The Balaban J connectivity index is 0. The zero-order chi connectivity index (χ0) is 0. The molecule has 0 aliphatic carbocycles. The van der Waals surface area contributed by atoms with Crippen molar-refractivity contribution >= 4 is 0 Å². The van der Waals surface area contributed by atoms with E-state index in [4.69, 9.17) is 0 Å². The maximum atomic E-state index is 0. The summed E-state index contributed by atoms with van der Waals surface area (Å²) in [7, 11) is 0. The first-order valence-corrected chi connectivity index (χ1v) is 0. The fourth-order valence-electron chi connectivity index (χ4n) is 0. The molecule has 5 heavy (non-hydrogen) atoms. The van der Waals surface area contributed by atoms with E-state index in [9.17, 15) is 0 Å². The van der Waals surface area contributed by atoms with Crippen molar-refractivity contribution < 1.29 is 73.8 Å². The summed E-state index contributed by atoms with van der Waals surface area (Å²) in [6.07, 6.45) is 0. The van der Waals surface area contributed by atoms with E-state index in [-0.39, 0.29) is 81.3 Å². The second-order valence-electron chi connectivity index (χ2n) is 0. The largest absolute Gasteiger partial charge is 2.00 e. The van der Waals surface area contributed by atoms with E-state index in [1.165, 1.54) is 0 Å². The average molecular weight is 174 g/mol. The van der Waals surface area contributed by atoms with Gasteiger partial charge in [0.05, 0.1) is 0 Å². The number of halogens is 2. The van der Waals surface area contributed by atoms with Crippen LogP contribution in [0.15, 0.2) is 0 Å². The molecule has 0 rings (SSSR count). The Kier molecular flexibility index (Phi) is 395. The molecule has 0 nitrogen and oxygen atoms in total. The van der Waals surface area contributed by atoms with Gasteiger partial charge in [0.25, 0.3) is 0 Å². The van der Waals surface area contributed by atoms with E-state index in [1.807, 2.05) is 0 Å². The molecule has 0 N–H and O–H groups in total. The zero-order valence-corrected chi connectivity index (χ0v) is 9.94. The Labute approximate surface area is 80.3 Å². The molecule has 0 unspecified atom stereocenters. The van der Waals surface area contributed by atoms with Crippen molar-refractivity contribution in [3.05, 3.63) is 7.43 Å². The van der Waals surface area contributed by atoms with Crippen LogP contribution in [0, 0.1) is 7.43 Å². The van der Waals surface area contributed by atoms with Crippen molar-refractivity contribution in [3.8, 4) is 0 Å². The smallest absolute Gasteiger partial charge is 1.00 e. The summed E-state index contributed by atoms with van der Waals surface area (Å²) in [5.74, 6) is 0. The molecule has 0 aromatic carbocycles. The van der Waals surface area contributed by atoms with Gasteiger partial charge in [0.1, 0.15) is 0 Å². The summed E-state index contributed by atoms with van der Waals surface area (Å²) < 4.78 is 0. The number of rotatable bonds is 0. The Bertz CT molecular complexity index is 9.61. The van der Waals surface area contributed by atoms with Gasteiger partial charge < -0.3 is 32.2 Å². The van der Waals surface area contributed by atoms with Crippen LogP contribution in [-0.4, -0.2) is 0 Å². The minimum absolute atomic E-state index is 0. The molecular weight excluding hydrogens is 171 g/mol. The predicted octanol–water partition coefficient (Wildman–Crippen LogP) is -8.54. The van der Waals surface area contributed by atoms with Crippen LogP contribution >= 0.6 is 0 Å². The normalized spacial score (nSPS) is 0. The van der Waals surface area contributed by atoms with Crippen LogP contribution in [0.4, 0.5) is 0 Å². The Morgan fingerprint density at radius 1 is 0.800 bits per heavy atom. The summed E-state index contributed by atoms with van der Waals surface area (Å²) in [6, 6.07) is 0. The third kappa shape index (κ3) is 22.6. The maximum Gasteiger partial charge on any atom is 2.00 e. The van der Waals surface area contributed by atoms with Gasteiger partial charge in [0.2, 0.25) is 0 Å². The topological polar surface area (TPSA) is 0 Å². The van der Waals surface area contributed by atoms with Gasteiger partial charge in [0.15, 0.2) is 0 Å². The Hall–Kier alpha value is 2.20. The molecule has 0 saturated carbocycles. The van der Waals surface area contributed by atoms with Gasteiger partial charge in [-0.1, -0.05) is 0 Å². The van der Waals surface area contributed by atoms with Gasteiger partial charge in [0, 0.05) is 0 Å². The van der Waals surface area contributed by atoms with Gasteiger partial charge in [-0.05, 0) is 0 Å². The Morgan fingerprint density at radius 2 is 0.800 bits per heavy atom. The van der Waals surface area contributed by atoms with Crippen LogP contribution in [0.3, 0.4) is 0 Å². The fraction of sp³-hybridized carbons (Fsp3) is 0. The third-order valence-corrected chi connectivity index (χ3v) is 0. The van der Waals surface area contributed by atoms with E-state index >= 15 is 0 Å². The van der Waals surface area contributed by atoms with Crippen LogP contribution in [0.2, 0.25) is 0 Å². The van der Waals surface area contributed by atoms with E-state index in [1.54, 1.807) is 0 Å². The van der Waals surface area contributed by atoms with Crippen LogP contribution in [-0.2, 0) is 19.5 Å². The standard InChI is InChI=1S/CH3.2ClH.Na.Zn/h1H3;2*1H;;/q-1;;;+1;+2/p-2. The molecule has 0 atom stereocenters. The van der Waals surface area contributed by atoms with E-state index in [0.29, 0.717) is 0 Å². The molecule has 0 aromatic rings. The molecular formula is CH3Cl2NaZn. The minimum atomic E-state index is 0. The summed E-state index contributed by atoms with van der Waals surface area (Å²) in [6.45, 7) is 0. The molecule has 0 fully saturated rings. The quantitative estimate of drug-likeness (QED) is 0.253. The van der Waals surface area contributed by atoms with Crippen molar-refractivity contribution in [1.82, 2.24) is 0 Å². The summed E-state index contributed by atoms with van der Waals surface area (Å²) in [5.41, 5.74) is 0. The molecule has 4 heteroatoms. The van der Waals surface area contributed by atoms with Gasteiger partial charge in [-0.25, -0.2) is 0 Å². The van der Waals surface area contributed by atoms with E-state index in [0.717, 1.165) is 0 Å². The van der Waals surface area contributed by atoms with Gasteiger partial charge in [-0.3, -0.25) is 0 Å².